The maximum Gasteiger partial charge on any atom is 0.338 e. The molecular formula is C14H19NO4S. The smallest absolute Gasteiger partial charge is 0.338 e. The average molecular weight is 297 g/mol. The lowest BCUT2D eigenvalue weighted by atomic mass is 10.3. The molecule has 0 fully saturated rings. The summed E-state index contributed by atoms with van der Waals surface area (Å²) in [6, 6.07) is 6.14. The summed E-state index contributed by atoms with van der Waals surface area (Å²) in [6.45, 7) is 6.96. The fraction of sp³-hybridized carbons (Fsp3) is 0.357. The summed E-state index contributed by atoms with van der Waals surface area (Å²) in [4.78, 5) is 11.3. The van der Waals surface area contributed by atoms with Gasteiger partial charge in [0.25, 0.3) is 0 Å². The van der Waals surface area contributed by atoms with Gasteiger partial charge < -0.3 is 4.74 Å². The Morgan fingerprint density at radius 2 is 1.90 bits per heavy atom. The van der Waals surface area contributed by atoms with Gasteiger partial charge in [0.05, 0.1) is 5.75 Å². The summed E-state index contributed by atoms with van der Waals surface area (Å²) in [7, 11) is -3.32. The van der Waals surface area contributed by atoms with Crippen LogP contribution >= 0.6 is 0 Å². The highest BCUT2D eigenvalue weighted by atomic mass is 32.2. The number of ether oxygens (including phenoxy) is 1. The molecule has 20 heavy (non-hydrogen) atoms. The minimum atomic E-state index is -3.32. The molecule has 0 unspecified atom stereocenters. The number of unbranched alkanes of at least 4 members (excludes halogenated alkanes) is 1. The molecule has 0 atom stereocenters. The van der Waals surface area contributed by atoms with E-state index in [0.29, 0.717) is 23.4 Å². The van der Waals surface area contributed by atoms with Gasteiger partial charge in [-0.05, 0) is 37.6 Å². The van der Waals surface area contributed by atoms with Gasteiger partial charge in [-0.3, -0.25) is 4.72 Å². The molecule has 1 aromatic rings. The van der Waals surface area contributed by atoms with Crippen LogP contribution < -0.4 is 9.46 Å². The van der Waals surface area contributed by atoms with Gasteiger partial charge in [-0.2, -0.15) is 0 Å². The van der Waals surface area contributed by atoms with Gasteiger partial charge in [0, 0.05) is 11.3 Å². The predicted molar refractivity (Wildman–Crippen MR) is 79.2 cm³/mol. The van der Waals surface area contributed by atoms with Crippen LogP contribution in [0.1, 0.15) is 26.7 Å². The van der Waals surface area contributed by atoms with Gasteiger partial charge in [0.15, 0.2) is 0 Å². The van der Waals surface area contributed by atoms with Crippen LogP contribution in [0.3, 0.4) is 0 Å². The fourth-order valence-corrected chi connectivity index (χ4v) is 2.62. The Morgan fingerprint density at radius 3 is 2.40 bits per heavy atom. The molecule has 0 radical (unpaired) electrons. The minimum absolute atomic E-state index is 0.0932. The summed E-state index contributed by atoms with van der Waals surface area (Å²) in [6.07, 6.45) is 1.43. The first kappa shape index (κ1) is 16.2. The van der Waals surface area contributed by atoms with Crippen molar-refractivity contribution in [2.24, 2.45) is 0 Å². The van der Waals surface area contributed by atoms with Crippen LogP contribution in [0.2, 0.25) is 0 Å². The number of hydrogen-bond donors (Lipinski definition) is 1. The quantitative estimate of drug-likeness (QED) is 0.477. The van der Waals surface area contributed by atoms with E-state index in [9.17, 15) is 13.2 Å². The molecule has 0 aliphatic carbocycles. The van der Waals surface area contributed by atoms with E-state index in [1.807, 2.05) is 6.92 Å². The Kier molecular flexibility index (Phi) is 5.76. The number of carbonyl (C=O) groups is 1. The van der Waals surface area contributed by atoms with Crippen LogP contribution in [0.15, 0.2) is 36.4 Å². The first-order chi connectivity index (χ1) is 9.34. The van der Waals surface area contributed by atoms with Crippen molar-refractivity contribution in [2.45, 2.75) is 26.7 Å². The molecule has 0 aliphatic heterocycles. The van der Waals surface area contributed by atoms with Crippen molar-refractivity contribution in [3.05, 3.63) is 36.4 Å². The molecule has 0 aliphatic rings. The molecule has 110 valence electrons. The molecule has 0 aromatic heterocycles. The largest absolute Gasteiger partial charge is 0.423 e. The zero-order valence-corrected chi connectivity index (χ0v) is 12.5. The van der Waals surface area contributed by atoms with Gasteiger partial charge >= 0.3 is 5.97 Å². The molecule has 0 amide bonds. The molecule has 1 N–H and O–H groups in total. The molecule has 0 saturated carbocycles. The van der Waals surface area contributed by atoms with E-state index in [-0.39, 0.29) is 5.75 Å². The molecule has 0 saturated heterocycles. The standard InChI is InChI=1S/C14H19NO4S/c1-4-5-10-20(17,18)15-12-6-8-13(9-7-12)19-14(16)11(2)3/h6-9,15H,2,4-5,10H2,1,3H3. The van der Waals surface area contributed by atoms with Crippen molar-refractivity contribution in [1.29, 1.82) is 0 Å². The lowest BCUT2D eigenvalue weighted by Crippen LogP contribution is -2.16. The second kappa shape index (κ2) is 7.09. The van der Waals surface area contributed by atoms with Crippen molar-refractivity contribution in [3.63, 3.8) is 0 Å². The highest BCUT2D eigenvalue weighted by molar-refractivity contribution is 7.92. The van der Waals surface area contributed by atoms with Gasteiger partial charge in [-0.1, -0.05) is 19.9 Å². The Labute approximate surface area is 119 Å². The Morgan fingerprint density at radius 1 is 1.30 bits per heavy atom. The number of sulfonamides is 1. The average Bonchev–Trinajstić information content (AvgIpc) is 2.38. The number of rotatable bonds is 7. The zero-order chi connectivity index (χ0) is 15.2. The van der Waals surface area contributed by atoms with Crippen LogP contribution in [-0.4, -0.2) is 20.1 Å². The normalized spacial score (nSPS) is 10.9. The molecule has 0 heterocycles. The summed E-state index contributed by atoms with van der Waals surface area (Å²) in [5.74, 6) is -0.0774. The predicted octanol–water partition coefficient (Wildman–Crippen LogP) is 2.71. The third-order valence-electron chi connectivity index (χ3n) is 2.45. The summed E-state index contributed by atoms with van der Waals surface area (Å²) in [5, 5.41) is 0. The number of esters is 1. The molecule has 1 aromatic carbocycles. The number of carbonyl (C=O) groups excluding carboxylic acids is 1. The highest BCUT2D eigenvalue weighted by Crippen LogP contribution is 2.17. The zero-order valence-electron chi connectivity index (χ0n) is 11.7. The lowest BCUT2D eigenvalue weighted by Gasteiger charge is -2.08. The number of hydrogen-bond acceptors (Lipinski definition) is 4. The van der Waals surface area contributed by atoms with E-state index in [4.69, 9.17) is 4.74 Å². The Bertz CT molecular complexity index is 576. The molecular weight excluding hydrogens is 278 g/mol. The molecule has 0 spiro atoms. The first-order valence-corrected chi connectivity index (χ1v) is 7.97. The van der Waals surface area contributed by atoms with E-state index in [2.05, 4.69) is 11.3 Å². The lowest BCUT2D eigenvalue weighted by molar-refractivity contribution is -0.130. The van der Waals surface area contributed by atoms with Crippen LogP contribution in [0, 0.1) is 0 Å². The van der Waals surface area contributed by atoms with E-state index >= 15 is 0 Å². The molecule has 6 heteroatoms. The topological polar surface area (TPSA) is 72.5 Å². The van der Waals surface area contributed by atoms with Crippen molar-refractivity contribution in [1.82, 2.24) is 0 Å². The minimum Gasteiger partial charge on any atom is -0.423 e. The SMILES string of the molecule is C=C(C)C(=O)Oc1ccc(NS(=O)(=O)CCCC)cc1. The number of anilines is 1. The third kappa shape index (κ3) is 5.44. The maximum absolute atomic E-state index is 11.7. The summed E-state index contributed by atoms with van der Waals surface area (Å²) >= 11 is 0. The van der Waals surface area contributed by atoms with Crippen molar-refractivity contribution in [3.8, 4) is 5.75 Å². The summed E-state index contributed by atoms with van der Waals surface area (Å²) in [5.41, 5.74) is 0.741. The second-order valence-electron chi connectivity index (χ2n) is 4.47. The van der Waals surface area contributed by atoms with Crippen molar-refractivity contribution < 1.29 is 17.9 Å². The third-order valence-corrected chi connectivity index (χ3v) is 3.83. The molecule has 5 nitrogen and oxygen atoms in total. The highest BCUT2D eigenvalue weighted by Gasteiger charge is 2.10. The van der Waals surface area contributed by atoms with Gasteiger partial charge in [0.1, 0.15) is 5.75 Å². The number of benzene rings is 1. The number of nitrogens with one attached hydrogen (secondary N) is 1. The van der Waals surface area contributed by atoms with E-state index in [0.717, 1.165) is 6.42 Å². The van der Waals surface area contributed by atoms with Crippen LogP contribution in [0.5, 0.6) is 5.75 Å². The molecule has 1 rings (SSSR count). The van der Waals surface area contributed by atoms with Gasteiger partial charge in [0.2, 0.25) is 10.0 Å². The van der Waals surface area contributed by atoms with Crippen molar-refractivity contribution >= 4 is 21.7 Å². The Hall–Kier alpha value is -1.82. The van der Waals surface area contributed by atoms with Crippen molar-refractivity contribution in [2.75, 3.05) is 10.5 Å². The molecule has 0 bridgehead atoms. The summed E-state index contributed by atoms with van der Waals surface area (Å²) < 4.78 is 30.9. The van der Waals surface area contributed by atoms with E-state index < -0.39 is 16.0 Å². The van der Waals surface area contributed by atoms with Crippen LogP contribution in [0.25, 0.3) is 0 Å². The van der Waals surface area contributed by atoms with E-state index in [1.165, 1.54) is 12.1 Å². The first-order valence-electron chi connectivity index (χ1n) is 6.32. The van der Waals surface area contributed by atoms with Gasteiger partial charge in [-0.25, -0.2) is 13.2 Å². The Balaban J connectivity index is 2.67. The second-order valence-corrected chi connectivity index (χ2v) is 6.31. The monoisotopic (exact) mass is 297 g/mol. The van der Waals surface area contributed by atoms with Crippen LogP contribution in [-0.2, 0) is 14.8 Å². The van der Waals surface area contributed by atoms with Crippen LogP contribution in [0.4, 0.5) is 5.69 Å². The van der Waals surface area contributed by atoms with E-state index in [1.54, 1.807) is 19.1 Å². The fourth-order valence-electron chi connectivity index (χ4n) is 1.35. The maximum atomic E-state index is 11.7. The van der Waals surface area contributed by atoms with Gasteiger partial charge in [-0.15, -0.1) is 0 Å².